The summed E-state index contributed by atoms with van der Waals surface area (Å²) < 4.78 is 5.04. The molecule has 0 heterocycles. The van der Waals surface area contributed by atoms with Crippen LogP contribution in [0.4, 0.5) is 5.69 Å². The normalized spacial score (nSPS) is 9.91. The molecule has 0 aliphatic carbocycles. The van der Waals surface area contributed by atoms with Gasteiger partial charge in [0.15, 0.2) is 0 Å². The second-order valence-corrected chi connectivity index (χ2v) is 4.83. The summed E-state index contributed by atoms with van der Waals surface area (Å²) in [6.07, 6.45) is 0. The van der Waals surface area contributed by atoms with Gasteiger partial charge in [0.05, 0.1) is 7.11 Å². The van der Waals surface area contributed by atoms with Crippen molar-refractivity contribution >= 4 is 17.5 Å². The molecule has 0 fully saturated rings. The number of methoxy groups -OCH3 is 1. The van der Waals surface area contributed by atoms with Crippen LogP contribution in [0, 0.1) is 0 Å². The average Bonchev–Trinajstić information content (AvgIpc) is 2.55. The summed E-state index contributed by atoms with van der Waals surface area (Å²) in [4.78, 5) is 25.4. The Hall–Kier alpha value is -2.82. The van der Waals surface area contributed by atoms with E-state index >= 15 is 0 Å². The van der Waals surface area contributed by atoms with Gasteiger partial charge < -0.3 is 15.0 Å². The van der Waals surface area contributed by atoms with E-state index in [-0.39, 0.29) is 0 Å². The lowest BCUT2D eigenvalue weighted by Gasteiger charge is -2.16. The summed E-state index contributed by atoms with van der Waals surface area (Å²) >= 11 is 0. The predicted octanol–water partition coefficient (Wildman–Crippen LogP) is 2.29. The first-order chi connectivity index (χ1) is 10.6. The van der Waals surface area contributed by atoms with Crippen molar-refractivity contribution in [1.82, 2.24) is 4.90 Å². The summed E-state index contributed by atoms with van der Waals surface area (Å²) in [5.41, 5.74) is 1.52. The molecule has 0 aliphatic heterocycles. The maximum atomic E-state index is 12.1. The van der Waals surface area contributed by atoms with Crippen molar-refractivity contribution in [3.05, 3.63) is 60.2 Å². The van der Waals surface area contributed by atoms with Crippen molar-refractivity contribution in [2.45, 2.75) is 6.54 Å². The lowest BCUT2D eigenvalue weighted by atomic mass is 10.2. The highest BCUT2D eigenvalue weighted by Gasteiger charge is 2.18. The molecule has 5 nitrogen and oxygen atoms in total. The fourth-order valence-electron chi connectivity index (χ4n) is 1.96. The molecule has 22 heavy (non-hydrogen) atoms. The largest absolute Gasteiger partial charge is 0.497 e. The predicted molar refractivity (Wildman–Crippen MR) is 84.5 cm³/mol. The molecule has 2 amide bonds. The molecule has 0 saturated heterocycles. The molecule has 1 N–H and O–H groups in total. The monoisotopic (exact) mass is 298 g/mol. The van der Waals surface area contributed by atoms with Crippen LogP contribution in [0.25, 0.3) is 0 Å². The molecular formula is C17H18N2O3. The van der Waals surface area contributed by atoms with E-state index in [9.17, 15) is 9.59 Å². The van der Waals surface area contributed by atoms with Crippen LogP contribution in [0.5, 0.6) is 5.75 Å². The van der Waals surface area contributed by atoms with Gasteiger partial charge in [0.2, 0.25) is 0 Å². The van der Waals surface area contributed by atoms with E-state index in [1.807, 2.05) is 30.3 Å². The standard InChI is InChI=1S/C17H18N2O3/c1-19(12-13-6-4-3-5-7-13)17(21)16(20)18-14-8-10-15(22-2)11-9-14/h3-11H,12H2,1-2H3,(H,18,20). The van der Waals surface area contributed by atoms with Crippen molar-refractivity contribution in [3.8, 4) is 5.75 Å². The zero-order valence-electron chi connectivity index (χ0n) is 12.6. The van der Waals surface area contributed by atoms with E-state index in [0.717, 1.165) is 5.56 Å². The second kappa shape index (κ2) is 7.26. The first kappa shape index (κ1) is 15.6. The first-order valence-corrected chi connectivity index (χ1v) is 6.84. The van der Waals surface area contributed by atoms with E-state index in [0.29, 0.717) is 18.0 Å². The van der Waals surface area contributed by atoms with E-state index in [4.69, 9.17) is 4.74 Å². The molecule has 0 aromatic heterocycles. The summed E-state index contributed by atoms with van der Waals surface area (Å²) in [6.45, 7) is 0.385. The lowest BCUT2D eigenvalue weighted by molar-refractivity contribution is -0.142. The molecule has 2 rings (SSSR count). The van der Waals surface area contributed by atoms with Gasteiger partial charge in [-0.05, 0) is 29.8 Å². The Kier molecular flexibility index (Phi) is 5.14. The van der Waals surface area contributed by atoms with Crippen LogP contribution in [0.1, 0.15) is 5.56 Å². The number of carbonyl (C=O) groups excluding carboxylic acids is 2. The third-order valence-electron chi connectivity index (χ3n) is 3.15. The quantitative estimate of drug-likeness (QED) is 0.881. The van der Waals surface area contributed by atoms with E-state index in [1.165, 1.54) is 4.90 Å². The van der Waals surface area contributed by atoms with Gasteiger partial charge >= 0.3 is 11.8 Å². The third kappa shape index (κ3) is 4.09. The second-order valence-electron chi connectivity index (χ2n) is 4.83. The minimum Gasteiger partial charge on any atom is -0.497 e. The maximum absolute atomic E-state index is 12.1. The van der Waals surface area contributed by atoms with Crippen molar-refractivity contribution < 1.29 is 14.3 Å². The minimum atomic E-state index is -0.663. The Labute approximate surface area is 129 Å². The number of anilines is 1. The number of carbonyl (C=O) groups is 2. The van der Waals surface area contributed by atoms with Crippen molar-refractivity contribution in [1.29, 1.82) is 0 Å². The van der Waals surface area contributed by atoms with Crippen molar-refractivity contribution in [2.24, 2.45) is 0 Å². The Bertz CT molecular complexity index is 639. The topological polar surface area (TPSA) is 58.6 Å². The van der Waals surface area contributed by atoms with Crippen LogP contribution in [0.2, 0.25) is 0 Å². The Morgan fingerprint density at radius 3 is 2.27 bits per heavy atom. The molecule has 0 bridgehead atoms. The van der Waals surface area contributed by atoms with Gasteiger partial charge in [0, 0.05) is 19.3 Å². The Morgan fingerprint density at radius 2 is 1.68 bits per heavy atom. The summed E-state index contributed by atoms with van der Waals surface area (Å²) in [7, 11) is 3.17. The smallest absolute Gasteiger partial charge is 0.313 e. The number of likely N-dealkylation sites (N-methyl/N-ethyl adjacent to an activating group) is 1. The van der Waals surface area contributed by atoms with E-state index in [1.54, 1.807) is 38.4 Å². The lowest BCUT2D eigenvalue weighted by Crippen LogP contribution is -2.36. The minimum absolute atomic E-state index is 0.385. The molecule has 5 heteroatoms. The SMILES string of the molecule is COc1ccc(NC(=O)C(=O)N(C)Cc2ccccc2)cc1. The van der Waals surface area contributed by atoms with Gasteiger partial charge in [0.25, 0.3) is 0 Å². The highest BCUT2D eigenvalue weighted by molar-refractivity contribution is 6.39. The number of rotatable bonds is 4. The summed E-state index contributed by atoms with van der Waals surface area (Å²) in [6, 6.07) is 16.3. The maximum Gasteiger partial charge on any atom is 0.313 e. The van der Waals surface area contributed by atoms with Gasteiger partial charge in [-0.15, -0.1) is 0 Å². The Balaban J connectivity index is 1.94. The number of nitrogens with one attached hydrogen (secondary N) is 1. The van der Waals surface area contributed by atoms with Crippen LogP contribution in [0.3, 0.4) is 0 Å². The van der Waals surface area contributed by atoms with E-state index in [2.05, 4.69) is 5.32 Å². The number of benzene rings is 2. The van der Waals surface area contributed by atoms with Crippen LogP contribution < -0.4 is 10.1 Å². The third-order valence-corrected chi connectivity index (χ3v) is 3.15. The van der Waals surface area contributed by atoms with Gasteiger partial charge in [-0.25, -0.2) is 0 Å². The fourth-order valence-corrected chi connectivity index (χ4v) is 1.96. The molecule has 0 spiro atoms. The van der Waals surface area contributed by atoms with E-state index < -0.39 is 11.8 Å². The van der Waals surface area contributed by atoms with Crippen LogP contribution >= 0.6 is 0 Å². The molecule has 2 aromatic rings. The summed E-state index contributed by atoms with van der Waals surface area (Å²) in [5.74, 6) is -0.561. The first-order valence-electron chi connectivity index (χ1n) is 6.84. The van der Waals surface area contributed by atoms with Crippen molar-refractivity contribution in [2.75, 3.05) is 19.5 Å². The van der Waals surface area contributed by atoms with Crippen LogP contribution in [0.15, 0.2) is 54.6 Å². The molecule has 0 unspecified atom stereocenters. The number of ether oxygens (including phenoxy) is 1. The molecule has 0 radical (unpaired) electrons. The average molecular weight is 298 g/mol. The highest BCUT2D eigenvalue weighted by atomic mass is 16.5. The molecule has 0 atom stereocenters. The van der Waals surface area contributed by atoms with Crippen LogP contribution in [-0.4, -0.2) is 30.9 Å². The molecular weight excluding hydrogens is 280 g/mol. The highest BCUT2D eigenvalue weighted by Crippen LogP contribution is 2.15. The van der Waals surface area contributed by atoms with Gasteiger partial charge in [-0.3, -0.25) is 9.59 Å². The number of nitrogens with zero attached hydrogens (tertiary/aromatic N) is 1. The van der Waals surface area contributed by atoms with Gasteiger partial charge in [-0.2, -0.15) is 0 Å². The molecule has 114 valence electrons. The number of hydrogen-bond donors (Lipinski definition) is 1. The summed E-state index contributed by atoms with van der Waals surface area (Å²) in [5, 5.41) is 2.57. The zero-order valence-corrected chi connectivity index (χ0v) is 12.6. The van der Waals surface area contributed by atoms with Crippen LogP contribution in [-0.2, 0) is 16.1 Å². The molecule has 0 aliphatic rings. The molecule has 0 saturated carbocycles. The number of amides is 2. The van der Waals surface area contributed by atoms with Gasteiger partial charge in [-0.1, -0.05) is 30.3 Å². The van der Waals surface area contributed by atoms with Gasteiger partial charge in [0.1, 0.15) is 5.75 Å². The zero-order chi connectivity index (χ0) is 15.9. The van der Waals surface area contributed by atoms with Crippen molar-refractivity contribution in [3.63, 3.8) is 0 Å². The molecule has 2 aromatic carbocycles. The fraction of sp³-hybridized carbons (Fsp3) is 0.176. The Morgan fingerprint density at radius 1 is 1.05 bits per heavy atom. The number of hydrogen-bond acceptors (Lipinski definition) is 3.